The van der Waals surface area contributed by atoms with Crippen LogP contribution in [-0.2, 0) is 26.2 Å². The summed E-state index contributed by atoms with van der Waals surface area (Å²) < 4.78 is 10.2. The van der Waals surface area contributed by atoms with Crippen molar-refractivity contribution in [3.05, 3.63) is 29.3 Å². The van der Waals surface area contributed by atoms with Gasteiger partial charge >= 0.3 is 11.9 Å². The zero-order chi connectivity index (χ0) is 17.7. The molecule has 1 aliphatic heterocycles. The Hall–Kier alpha value is -2.35. The van der Waals surface area contributed by atoms with Crippen LogP contribution in [0.25, 0.3) is 0 Å². The predicted molar refractivity (Wildman–Crippen MR) is 86.1 cm³/mol. The van der Waals surface area contributed by atoms with Crippen molar-refractivity contribution in [2.24, 2.45) is 17.3 Å². The van der Waals surface area contributed by atoms with E-state index in [4.69, 9.17) is 9.47 Å². The van der Waals surface area contributed by atoms with E-state index in [-0.39, 0.29) is 5.41 Å². The minimum atomic E-state index is -1.06. The molecule has 24 heavy (non-hydrogen) atoms. The molecule has 126 valence electrons. The van der Waals surface area contributed by atoms with Crippen molar-refractivity contribution in [1.29, 1.82) is 5.26 Å². The first-order valence-electron chi connectivity index (χ1n) is 8.06. The topological polar surface area (TPSA) is 76.4 Å². The van der Waals surface area contributed by atoms with Crippen LogP contribution in [0.2, 0.25) is 0 Å². The average Bonchev–Trinajstić information content (AvgIpc) is 2.79. The molecule has 5 heteroatoms. The Labute approximate surface area is 141 Å². The summed E-state index contributed by atoms with van der Waals surface area (Å²) in [5.74, 6) is -1.76. The molecule has 1 aromatic rings. The quantitative estimate of drug-likeness (QED) is 0.616. The van der Waals surface area contributed by atoms with E-state index in [9.17, 15) is 14.9 Å². The van der Waals surface area contributed by atoms with Gasteiger partial charge in [0.25, 0.3) is 0 Å². The van der Waals surface area contributed by atoms with Crippen molar-refractivity contribution >= 4 is 11.9 Å². The van der Waals surface area contributed by atoms with E-state index in [1.165, 1.54) is 0 Å². The Morgan fingerprint density at radius 2 is 2.04 bits per heavy atom. The summed E-state index contributed by atoms with van der Waals surface area (Å²) in [6.45, 7) is 6.09. The predicted octanol–water partition coefficient (Wildman–Crippen LogP) is 2.76. The fourth-order valence-corrected chi connectivity index (χ4v) is 4.20. The number of carbonyl (C=O) groups excluding carboxylic acids is 2. The number of benzene rings is 1. The molecule has 0 spiro atoms. The van der Waals surface area contributed by atoms with Gasteiger partial charge in [0, 0.05) is 0 Å². The largest absolute Gasteiger partial charge is 0.497 e. The van der Waals surface area contributed by atoms with Crippen LogP contribution in [0.4, 0.5) is 0 Å². The molecule has 0 N–H and O–H groups in total. The first-order valence-corrected chi connectivity index (χ1v) is 8.06. The molecule has 0 saturated carbocycles. The maximum Gasteiger partial charge on any atom is 0.319 e. The van der Waals surface area contributed by atoms with Gasteiger partial charge in [-0.05, 0) is 41.5 Å². The van der Waals surface area contributed by atoms with Crippen LogP contribution in [0.5, 0.6) is 5.75 Å². The number of methoxy groups -OCH3 is 1. The Kier molecular flexibility index (Phi) is 3.67. The highest BCUT2D eigenvalue weighted by molar-refractivity contribution is 5.98. The van der Waals surface area contributed by atoms with Gasteiger partial charge in [-0.1, -0.05) is 26.8 Å². The fourth-order valence-electron chi connectivity index (χ4n) is 4.20. The van der Waals surface area contributed by atoms with Crippen molar-refractivity contribution in [3.8, 4) is 11.8 Å². The summed E-state index contributed by atoms with van der Waals surface area (Å²) in [6.07, 6.45) is 0.870. The highest BCUT2D eigenvalue weighted by Gasteiger charge is 2.61. The van der Waals surface area contributed by atoms with Gasteiger partial charge in [0.1, 0.15) is 5.75 Å². The second-order valence-electron chi connectivity index (χ2n) is 7.87. The molecule has 1 aliphatic carbocycles. The first-order chi connectivity index (χ1) is 11.2. The van der Waals surface area contributed by atoms with Crippen molar-refractivity contribution < 1.29 is 19.1 Å². The number of ether oxygens (including phenoxy) is 2. The van der Waals surface area contributed by atoms with Crippen LogP contribution in [0, 0.1) is 28.6 Å². The molecular weight excluding hydrogens is 306 g/mol. The van der Waals surface area contributed by atoms with E-state index in [0.29, 0.717) is 18.6 Å². The summed E-state index contributed by atoms with van der Waals surface area (Å²) in [4.78, 5) is 24.6. The van der Waals surface area contributed by atoms with Gasteiger partial charge in [-0.25, -0.2) is 0 Å². The van der Waals surface area contributed by atoms with Gasteiger partial charge in [-0.2, -0.15) is 5.26 Å². The maximum absolute atomic E-state index is 12.4. The number of esters is 2. The van der Waals surface area contributed by atoms with Gasteiger partial charge in [-0.3, -0.25) is 9.59 Å². The molecule has 0 bridgehead atoms. The van der Waals surface area contributed by atoms with Gasteiger partial charge in [0.15, 0.2) is 0 Å². The lowest BCUT2D eigenvalue weighted by Gasteiger charge is -2.42. The van der Waals surface area contributed by atoms with Gasteiger partial charge in [0.2, 0.25) is 0 Å². The molecular formula is C19H21NO4. The van der Waals surface area contributed by atoms with Crippen LogP contribution >= 0.6 is 0 Å². The van der Waals surface area contributed by atoms with Gasteiger partial charge in [0.05, 0.1) is 30.4 Å². The summed E-state index contributed by atoms with van der Waals surface area (Å²) in [7, 11) is 1.58. The number of rotatable bonds is 2. The monoisotopic (exact) mass is 327 g/mol. The fraction of sp³-hybridized carbons (Fsp3) is 0.526. The molecule has 1 fully saturated rings. The third kappa shape index (κ3) is 2.37. The first kappa shape index (κ1) is 16.5. The lowest BCUT2D eigenvalue weighted by Crippen LogP contribution is -2.47. The van der Waals surface area contributed by atoms with Crippen LogP contribution < -0.4 is 4.74 Å². The smallest absolute Gasteiger partial charge is 0.319 e. The van der Waals surface area contributed by atoms with E-state index >= 15 is 0 Å². The Bertz CT molecular complexity index is 756. The zero-order valence-electron chi connectivity index (χ0n) is 14.4. The Morgan fingerprint density at radius 3 is 2.62 bits per heavy atom. The molecule has 1 aromatic carbocycles. The third-order valence-corrected chi connectivity index (χ3v) is 4.93. The number of hydrogen-bond donors (Lipinski definition) is 0. The van der Waals surface area contributed by atoms with E-state index < -0.39 is 29.2 Å². The second-order valence-corrected chi connectivity index (χ2v) is 7.87. The minimum Gasteiger partial charge on any atom is -0.497 e. The highest BCUT2D eigenvalue weighted by atomic mass is 16.6. The zero-order valence-corrected chi connectivity index (χ0v) is 14.4. The number of cyclic esters (lactones) is 2. The summed E-state index contributed by atoms with van der Waals surface area (Å²) >= 11 is 0. The number of fused-ring (bicyclic) bond motifs is 2. The van der Waals surface area contributed by atoms with Gasteiger partial charge in [-0.15, -0.1) is 0 Å². The molecule has 2 aliphatic rings. The molecule has 0 aromatic heterocycles. The SMILES string of the molecule is COc1ccc2c(c1)C[C@H]1C(=O)OC(=O)[C@H]1[C@@]2(C#N)CC(C)(C)C. The lowest BCUT2D eigenvalue weighted by molar-refractivity contribution is -0.154. The normalized spacial score (nSPS) is 28.6. The van der Waals surface area contributed by atoms with E-state index in [1.807, 2.05) is 32.9 Å². The number of nitrogens with zero attached hydrogens (tertiary/aromatic N) is 1. The summed E-state index contributed by atoms with van der Waals surface area (Å²) in [5.41, 5.74) is 0.439. The molecule has 0 amide bonds. The number of carbonyl (C=O) groups is 2. The average molecular weight is 327 g/mol. The maximum atomic E-state index is 12.4. The highest BCUT2D eigenvalue weighted by Crippen LogP contribution is 2.53. The summed E-state index contributed by atoms with van der Waals surface area (Å²) in [6, 6.07) is 7.91. The van der Waals surface area contributed by atoms with Crippen molar-refractivity contribution in [2.75, 3.05) is 7.11 Å². The molecule has 3 atom stereocenters. The molecule has 0 unspecified atom stereocenters. The number of nitriles is 1. The van der Waals surface area contributed by atoms with Crippen LogP contribution in [-0.4, -0.2) is 19.0 Å². The third-order valence-electron chi connectivity index (χ3n) is 4.93. The van der Waals surface area contributed by atoms with Crippen LogP contribution in [0.3, 0.4) is 0 Å². The van der Waals surface area contributed by atoms with Crippen molar-refractivity contribution in [1.82, 2.24) is 0 Å². The molecule has 3 rings (SSSR count). The second kappa shape index (κ2) is 5.34. The molecule has 1 saturated heterocycles. The molecule has 5 nitrogen and oxygen atoms in total. The Balaban J connectivity index is 2.25. The van der Waals surface area contributed by atoms with Gasteiger partial charge < -0.3 is 9.47 Å². The lowest BCUT2D eigenvalue weighted by atomic mass is 9.56. The summed E-state index contributed by atoms with van der Waals surface area (Å²) in [5, 5.41) is 10.1. The van der Waals surface area contributed by atoms with Crippen LogP contribution in [0.15, 0.2) is 18.2 Å². The molecule has 1 heterocycles. The van der Waals surface area contributed by atoms with Crippen molar-refractivity contribution in [3.63, 3.8) is 0 Å². The Morgan fingerprint density at radius 1 is 1.33 bits per heavy atom. The van der Waals surface area contributed by atoms with Crippen molar-refractivity contribution in [2.45, 2.75) is 39.0 Å². The number of hydrogen-bond acceptors (Lipinski definition) is 5. The van der Waals surface area contributed by atoms with E-state index in [0.717, 1.165) is 11.1 Å². The van der Waals surface area contributed by atoms with E-state index in [2.05, 4.69) is 6.07 Å². The molecule has 0 radical (unpaired) electrons. The van der Waals surface area contributed by atoms with Crippen LogP contribution in [0.1, 0.15) is 38.3 Å². The van der Waals surface area contributed by atoms with E-state index in [1.54, 1.807) is 13.2 Å². The standard InChI is InChI=1S/C19H21NO4/c1-18(2,3)9-19(10-20)14-6-5-12(23-4)7-11(14)8-13-15(19)17(22)24-16(13)21/h5-7,13,15H,8-9H2,1-4H3/t13-,15+,19-/m1/s1. The minimum absolute atomic E-state index is 0.194.